The Morgan fingerprint density at radius 2 is 2.14 bits per heavy atom. The Labute approximate surface area is 127 Å². The topological polar surface area (TPSA) is 81.2 Å². The Kier molecular flexibility index (Phi) is 3.74. The Morgan fingerprint density at radius 3 is 2.73 bits per heavy atom. The maximum Gasteiger partial charge on any atom is 0.257 e. The highest BCUT2D eigenvalue weighted by Crippen LogP contribution is 2.17. The van der Waals surface area contributed by atoms with Gasteiger partial charge >= 0.3 is 0 Å². The molecule has 0 unspecified atom stereocenters. The predicted molar refractivity (Wildman–Crippen MR) is 79.1 cm³/mol. The quantitative estimate of drug-likeness (QED) is 0.800. The number of hydrogen-bond acceptors (Lipinski definition) is 5. The summed E-state index contributed by atoms with van der Waals surface area (Å²) in [6.45, 7) is 3.84. The number of carbonyl (C=O) groups is 1. The van der Waals surface area contributed by atoms with Crippen LogP contribution in [0.1, 0.15) is 27.4 Å². The van der Waals surface area contributed by atoms with Crippen molar-refractivity contribution in [3.05, 3.63) is 59.3 Å². The molecular formula is C16H15N3O3. The fourth-order valence-electron chi connectivity index (χ4n) is 2.18. The largest absolute Gasteiger partial charge is 0.463 e. The average Bonchev–Trinajstić information content (AvgIpc) is 3.16. The van der Waals surface area contributed by atoms with Crippen molar-refractivity contribution in [2.45, 2.75) is 20.4 Å². The molecule has 0 aromatic carbocycles. The van der Waals surface area contributed by atoms with Gasteiger partial charge in [0.05, 0.1) is 12.0 Å². The molecule has 0 fully saturated rings. The second kappa shape index (κ2) is 5.85. The Balaban J connectivity index is 1.66. The lowest BCUT2D eigenvalue weighted by atomic mass is 10.2. The van der Waals surface area contributed by atoms with E-state index in [1.807, 2.05) is 24.3 Å². The van der Waals surface area contributed by atoms with Gasteiger partial charge in [0.15, 0.2) is 5.76 Å². The fraction of sp³-hybridized carbons (Fsp3) is 0.188. The monoisotopic (exact) mass is 297 g/mol. The number of aromatic nitrogens is 2. The zero-order chi connectivity index (χ0) is 15.5. The van der Waals surface area contributed by atoms with E-state index >= 15 is 0 Å². The maximum absolute atomic E-state index is 12.1. The Morgan fingerprint density at radius 1 is 1.27 bits per heavy atom. The van der Waals surface area contributed by atoms with E-state index in [9.17, 15) is 4.79 Å². The summed E-state index contributed by atoms with van der Waals surface area (Å²) in [6, 6.07) is 7.42. The molecule has 0 spiro atoms. The SMILES string of the molecule is Cc1noc(C)c1C(=O)NCc1ccc(-c2ccco2)nc1. The van der Waals surface area contributed by atoms with Crippen LogP contribution in [0.25, 0.3) is 11.5 Å². The summed E-state index contributed by atoms with van der Waals surface area (Å²) < 4.78 is 10.3. The summed E-state index contributed by atoms with van der Waals surface area (Å²) in [5, 5.41) is 6.61. The first kappa shape index (κ1) is 14.1. The first-order valence-electron chi connectivity index (χ1n) is 6.85. The molecule has 0 radical (unpaired) electrons. The molecule has 112 valence electrons. The standard InChI is InChI=1S/C16H15N3O3/c1-10-15(11(2)22-19-10)16(20)18-9-12-5-6-13(17-8-12)14-4-3-7-21-14/h3-8H,9H2,1-2H3,(H,18,20). The van der Waals surface area contributed by atoms with E-state index in [-0.39, 0.29) is 5.91 Å². The summed E-state index contributed by atoms with van der Waals surface area (Å²) >= 11 is 0. The minimum absolute atomic E-state index is 0.202. The highest BCUT2D eigenvalue weighted by Gasteiger charge is 2.16. The molecule has 3 heterocycles. The van der Waals surface area contributed by atoms with Crippen molar-refractivity contribution in [3.8, 4) is 11.5 Å². The number of amides is 1. The number of nitrogens with one attached hydrogen (secondary N) is 1. The number of rotatable bonds is 4. The van der Waals surface area contributed by atoms with Gasteiger partial charge in [-0.3, -0.25) is 9.78 Å². The highest BCUT2D eigenvalue weighted by atomic mass is 16.5. The van der Waals surface area contributed by atoms with Crippen LogP contribution in [0, 0.1) is 13.8 Å². The van der Waals surface area contributed by atoms with Gasteiger partial charge in [0, 0.05) is 12.7 Å². The van der Waals surface area contributed by atoms with Crippen LogP contribution in [-0.4, -0.2) is 16.0 Å². The summed E-state index contributed by atoms with van der Waals surface area (Å²) in [5.41, 5.74) is 2.72. The van der Waals surface area contributed by atoms with Crippen LogP contribution in [0.5, 0.6) is 0 Å². The minimum atomic E-state index is -0.202. The number of aryl methyl sites for hydroxylation is 2. The van der Waals surface area contributed by atoms with Gasteiger partial charge in [0.2, 0.25) is 0 Å². The lowest BCUT2D eigenvalue weighted by molar-refractivity contribution is 0.0949. The second-order valence-corrected chi connectivity index (χ2v) is 4.91. The highest BCUT2D eigenvalue weighted by molar-refractivity contribution is 5.96. The lowest BCUT2D eigenvalue weighted by Gasteiger charge is -2.05. The van der Waals surface area contributed by atoms with Gasteiger partial charge in [-0.25, -0.2) is 0 Å². The van der Waals surface area contributed by atoms with Gasteiger partial charge in [-0.05, 0) is 37.6 Å². The van der Waals surface area contributed by atoms with E-state index in [1.165, 1.54) is 0 Å². The molecule has 3 aromatic heterocycles. The van der Waals surface area contributed by atoms with Gasteiger partial charge in [-0.2, -0.15) is 0 Å². The molecule has 0 saturated heterocycles. The van der Waals surface area contributed by atoms with Crippen LogP contribution in [0.15, 0.2) is 45.7 Å². The summed E-state index contributed by atoms with van der Waals surface area (Å²) in [7, 11) is 0. The minimum Gasteiger partial charge on any atom is -0.463 e. The van der Waals surface area contributed by atoms with Crippen molar-refractivity contribution >= 4 is 5.91 Å². The average molecular weight is 297 g/mol. The summed E-state index contributed by atoms with van der Waals surface area (Å²) in [4.78, 5) is 16.4. The number of hydrogen-bond donors (Lipinski definition) is 1. The van der Waals surface area contributed by atoms with E-state index in [1.54, 1.807) is 26.3 Å². The van der Waals surface area contributed by atoms with Crippen molar-refractivity contribution in [2.75, 3.05) is 0 Å². The van der Waals surface area contributed by atoms with Gasteiger partial charge in [0.25, 0.3) is 5.91 Å². The molecule has 3 aromatic rings. The van der Waals surface area contributed by atoms with Crippen LogP contribution in [0.4, 0.5) is 0 Å². The van der Waals surface area contributed by atoms with Crippen LogP contribution in [-0.2, 0) is 6.54 Å². The molecule has 1 N–H and O–H groups in total. The molecule has 0 saturated carbocycles. The molecule has 6 nitrogen and oxygen atoms in total. The molecule has 6 heteroatoms. The van der Waals surface area contributed by atoms with Gasteiger partial charge in [0.1, 0.15) is 17.0 Å². The smallest absolute Gasteiger partial charge is 0.257 e. The first-order valence-corrected chi connectivity index (χ1v) is 6.85. The zero-order valence-electron chi connectivity index (χ0n) is 12.3. The van der Waals surface area contributed by atoms with Crippen molar-refractivity contribution in [1.82, 2.24) is 15.5 Å². The van der Waals surface area contributed by atoms with Crippen molar-refractivity contribution < 1.29 is 13.7 Å². The third kappa shape index (κ3) is 2.76. The van der Waals surface area contributed by atoms with E-state index < -0.39 is 0 Å². The molecule has 0 bridgehead atoms. The van der Waals surface area contributed by atoms with Crippen LogP contribution >= 0.6 is 0 Å². The normalized spacial score (nSPS) is 10.6. The molecular weight excluding hydrogens is 282 g/mol. The van der Waals surface area contributed by atoms with E-state index in [2.05, 4.69) is 15.5 Å². The molecule has 0 aliphatic heterocycles. The maximum atomic E-state index is 12.1. The molecule has 3 rings (SSSR count). The van der Waals surface area contributed by atoms with Crippen molar-refractivity contribution in [1.29, 1.82) is 0 Å². The van der Waals surface area contributed by atoms with E-state index in [0.29, 0.717) is 29.3 Å². The first-order chi connectivity index (χ1) is 10.6. The van der Waals surface area contributed by atoms with Gasteiger partial charge < -0.3 is 14.3 Å². The number of pyridine rings is 1. The van der Waals surface area contributed by atoms with Crippen LogP contribution in [0.3, 0.4) is 0 Å². The predicted octanol–water partition coefficient (Wildman–Crippen LogP) is 2.88. The number of nitrogens with zero attached hydrogens (tertiary/aromatic N) is 2. The third-order valence-corrected chi connectivity index (χ3v) is 3.31. The molecule has 1 amide bonds. The lowest BCUT2D eigenvalue weighted by Crippen LogP contribution is -2.23. The Hall–Kier alpha value is -2.89. The molecule has 0 atom stereocenters. The zero-order valence-corrected chi connectivity index (χ0v) is 12.3. The molecule has 0 aliphatic rings. The van der Waals surface area contributed by atoms with E-state index in [0.717, 1.165) is 11.3 Å². The number of carbonyl (C=O) groups excluding carboxylic acids is 1. The second-order valence-electron chi connectivity index (χ2n) is 4.91. The van der Waals surface area contributed by atoms with Gasteiger partial charge in [-0.1, -0.05) is 11.2 Å². The van der Waals surface area contributed by atoms with Crippen LogP contribution < -0.4 is 5.32 Å². The third-order valence-electron chi connectivity index (χ3n) is 3.31. The van der Waals surface area contributed by atoms with E-state index in [4.69, 9.17) is 8.94 Å². The van der Waals surface area contributed by atoms with Crippen LogP contribution in [0.2, 0.25) is 0 Å². The fourth-order valence-corrected chi connectivity index (χ4v) is 2.18. The van der Waals surface area contributed by atoms with Crippen molar-refractivity contribution in [2.24, 2.45) is 0 Å². The Bertz CT molecular complexity index is 754. The molecule has 22 heavy (non-hydrogen) atoms. The van der Waals surface area contributed by atoms with Crippen molar-refractivity contribution in [3.63, 3.8) is 0 Å². The number of furan rings is 1. The summed E-state index contributed by atoms with van der Waals surface area (Å²) in [6.07, 6.45) is 3.32. The summed E-state index contributed by atoms with van der Waals surface area (Å²) in [5.74, 6) is 1.03. The van der Waals surface area contributed by atoms with Gasteiger partial charge in [-0.15, -0.1) is 0 Å². The molecule has 0 aliphatic carbocycles.